The van der Waals surface area contributed by atoms with Crippen molar-refractivity contribution in [3.63, 3.8) is 0 Å². The summed E-state index contributed by atoms with van der Waals surface area (Å²) in [5, 5.41) is 0. The van der Waals surface area contributed by atoms with Gasteiger partial charge in [0.15, 0.2) is 0 Å². The first-order valence-electron chi connectivity index (χ1n) is 3.61. The molecule has 0 N–H and O–H groups in total. The van der Waals surface area contributed by atoms with E-state index in [0.717, 1.165) is 6.92 Å². The number of alkyl halides is 2. The molecule has 0 radical (unpaired) electrons. The summed E-state index contributed by atoms with van der Waals surface area (Å²) in [6.07, 6.45) is -3.11. The predicted molar refractivity (Wildman–Crippen MR) is 42.4 cm³/mol. The fourth-order valence-electron chi connectivity index (χ4n) is 0.864. The molecule has 0 fully saturated rings. The first kappa shape index (κ1) is 8.97. The molecule has 66 valence electrons. The van der Waals surface area contributed by atoms with Gasteiger partial charge in [0, 0.05) is 6.92 Å². The van der Waals surface area contributed by atoms with Crippen molar-refractivity contribution in [1.82, 2.24) is 0 Å². The normalized spacial score (nSPS) is 11.3. The van der Waals surface area contributed by atoms with E-state index in [1.54, 1.807) is 25.1 Å². The average molecular weight is 172 g/mol. The van der Waals surface area contributed by atoms with Gasteiger partial charge in [-0.1, -0.05) is 18.2 Å². The molecule has 0 aliphatic rings. The van der Waals surface area contributed by atoms with Crippen molar-refractivity contribution >= 4 is 0 Å². The second-order valence-electron chi connectivity index (χ2n) is 2.68. The van der Waals surface area contributed by atoms with E-state index >= 15 is 0 Å². The first-order valence-corrected chi connectivity index (χ1v) is 3.61. The van der Waals surface area contributed by atoms with E-state index in [2.05, 4.69) is 4.74 Å². The summed E-state index contributed by atoms with van der Waals surface area (Å²) in [5.74, 6) is 0.227. The third kappa shape index (κ3) is 2.49. The lowest BCUT2D eigenvalue weighted by Crippen LogP contribution is -2.19. The maximum atomic E-state index is 12.4. The van der Waals surface area contributed by atoms with Crippen LogP contribution in [-0.4, -0.2) is 6.11 Å². The summed E-state index contributed by atoms with van der Waals surface area (Å²) in [6.45, 7) is 2.44. The molecule has 0 aliphatic heterocycles. The second kappa shape index (κ2) is 3.09. The zero-order chi connectivity index (χ0) is 9.19. The summed E-state index contributed by atoms with van der Waals surface area (Å²) < 4.78 is 29.1. The van der Waals surface area contributed by atoms with Crippen molar-refractivity contribution in [2.24, 2.45) is 0 Å². The van der Waals surface area contributed by atoms with Crippen molar-refractivity contribution in [1.29, 1.82) is 0 Å². The molecular formula is C9H10F2O. The Balaban J connectivity index is 2.83. The molecule has 0 bridgehead atoms. The molecule has 0 saturated carbocycles. The molecule has 0 atom stereocenters. The molecule has 3 heteroatoms. The number of hydrogen-bond donors (Lipinski definition) is 0. The zero-order valence-corrected chi connectivity index (χ0v) is 6.97. The first-order chi connectivity index (χ1) is 5.49. The predicted octanol–water partition coefficient (Wildman–Crippen LogP) is 2.99. The van der Waals surface area contributed by atoms with Crippen molar-refractivity contribution in [3.8, 4) is 5.75 Å². The summed E-state index contributed by atoms with van der Waals surface area (Å²) in [5.41, 5.74) is 0.707. The van der Waals surface area contributed by atoms with E-state index in [-0.39, 0.29) is 5.75 Å². The van der Waals surface area contributed by atoms with E-state index in [4.69, 9.17) is 0 Å². The second-order valence-corrected chi connectivity index (χ2v) is 2.68. The number of benzene rings is 1. The Morgan fingerprint density at radius 3 is 2.33 bits per heavy atom. The van der Waals surface area contributed by atoms with Crippen molar-refractivity contribution in [2.45, 2.75) is 20.0 Å². The van der Waals surface area contributed by atoms with Crippen LogP contribution in [0.2, 0.25) is 0 Å². The fraction of sp³-hybridized carbons (Fsp3) is 0.333. The lowest BCUT2D eigenvalue weighted by atomic mass is 10.2. The van der Waals surface area contributed by atoms with Gasteiger partial charge >= 0.3 is 6.11 Å². The van der Waals surface area contributed by atoms with Crippen LogP contribution in [0.25, 0.3) is 0 Å². The SMILES string of the molecule is Cc1ccccc1OC(C)(F)F. The van der Waals surface area contributed by atoms with E-state index < -0.39 is 6.11 Å². The fourth-order valence-corrected chi connectivity index (χ4v) is 0.864. The molecule has 0 aromatic heterocycles. The van der Waals surface area contributed by atoms with Gasteiger partial charge < -0.3 is 4.74 Å². The van der Waals surface area contributed by atoms with E-state index in [9.17, 15) is 8.78 Å². The third-order valence-corrected chi connectivity index (χ3v) is 1.38. The van der Waals surface area contributed by atoms with Gasteiger partial charge in [0.2, 0.25) is 0 Å². The van der Waals surface area contributed by atoms with E-state index in [1.807, 2.05) is 0 Å². The zero-order valence-electron chi connectivity index (χ0n) is 6.97. The molecule has 0 spiro atoms. The van der Waals surface area contributed by atoms with Crippen LogP contribution in [0.3, 0.4) is 0 Å². The Morgan fingerprint density at radius 2 is 1.83 bits per heavy atom. The largest absolute Gasteiger partial charge is 0.433 e. The van der Waals surface area contributed by atoms with Crippen molar-refractivity contribution in [3.05, 3.63) is 29.8 Å². The number of halogens is 2. The van der Waals surface area contributed by atoms with Gasteiger partial charge in [-0.3, -0.25) is 0 Å². The monoisotopic (exact) mass is 172 g/mol. The Labute approximate surface area is 70.0 Å². The van der Waals surface area contributed by atoms with Gasteiger partial charge in [-0.2, -0.15) is 8.78 Å². The summed E-state index contributed by atoms with van der Waals surface area (Å²) >= 11 is 0. The topological polar surface area (TPSA) is 9.23 Å². The quantitative estimate of drug-likeness (QED) is 0.666. The van der Waals surface area contributed by atoms with E-state index in [0.29, 0.717) is 5.56 Å². The highest BCUT2D eigenvalue weighted by Crippen LogP contribution is 2.23. The van der Waals surface area contributed by atoms with Crippen LogP contribution in [-0.2, 0) is 0 Å². The van der Waals surface area contributed by atoms with Crippen LogP contribution in [0, 0.1) is 6.92 Å². The van der Waals surface area contributed by atoms with Crippen molar-refractivity contribution < 1.29 is 13.5 Å². The summed E-state index contributed by atoms with van der Waals surface area (Å²) in [4.78, 5) is 0. The van der Waals surface area contributed by atoms with Crippen LogP contribution < -0.4 is 4.74 Å². The molecule has 0 unspecified atom stereocenters. The highest BCUT2D eigenvalue weighted by atomic mass is 19.3. The standard InChI is InChI=1S/C9H10F2O/c1-7-5-3-4-6-8(7)12-9(2,10)11/h3-6H,1-2H3. The maximum Gasteiger partial charge on any atom is 0.394 e. The van der Waals surface area contributed by atoms with Crippen LogP contribution >= 0.6 is 0 Å². The Hall–Kier alpha value is -1.12. The molecule has 0 saturated heterocycles. The minimum Gasteiger partial charge on any atom is -0.433 e. The average Bonchev–Trinajstić information content (AvgIpc) is 1.91. The number of para-hydroxylation sites is 1. The lowest BCUT2D eigenvalue weighted by Gasteiger charge is -2.14. The number of ether oxygens (including phenoxy) is 1. The molecule has 1 aromatic rings. The van der Waals surface area contributed by atoms with Crippen molar-refractivity contribution in [2.75, 3.05) is 0 Å². The molecule has 1 aromatic carbocycles. The molecule has 1 rings (SSSR count). The van der Waals surface area contributed by atoms with E-state index in [1.165, 1.54) is 6.07 Å². The highest BCUT2D eigenvalue weighted by Gasteiger charge is 2.23. The maximum absolute atomic E-state index is 12.4. The molecular weight excluding hydrogens is 162 g/mol. The molecule has 1 nitrogen and oxygen atoms in total. The third-order valence-electron chi connectivity index (χ3n) is 1.38. The van der Waals surface area contributed by atoms with Crippen LogP contribution in [0.15, 0.2) is 24.3 Å². The lowest BCUT2D eigenvalue weighted by molar-refractivity contribution is -0.159. The van der Waals surface area contributed by atoms with Gasteiger partial charge in [-0.25, -0.2) is 0 Å². The Kier molecular flexibility index (Phi) is 2.31. The van der Waals surface area contributed by atoms with Gasteiger partial charge in [0.25, 0.3) is 0 Å². The van der Waals surface area contributed by atoms with Gasteiger partial charge in [-0.05, 0) is 18.6 Å². The Morgan fingerprint density at radius 1 is 1.25 bits per heavy atom. The number of rotatable bonds is 2. The number of hydrogen-bond acceptors (Lipinski definition) is 1. The van der Waals surface area contributed by atoms with Crippen LogP contribution in [0.4, 0.5) is 8.78 Å². The van der Waals surface area contributed by atoms with Crippen LogP contribution in [0.1, 0.15) is 12.5 Å². The van der Waals surface area contributed by atoms with Gasteiger partial charge in [-0.15, -0.1) is 0 Å². The molecule has 0 amide bonds. The number of aryl methyl sites for hydroxylation is 1. The summed E-state index contributed by atoms with van der Waals surface area (Å²) in [7, 11) is 0. The molecule has 0 aliphatic carbocycles. The smallest absolute Gasteiger partial charge is 0.394 e. The van der Waals surface area contributed by atoms with Crippen LogP contribution in [0.5, 0.6) is 5.75 Å². The molecule has 0 heterocycles. The highest BCUT2D eigenvalue weighted by molar-refractivity contribution is 5.31. The minimum atomic E-state index is -3.11. The van der Waals surface area contributed by atoms with Gasteiger partial charge in [0.1, 0.15) is 5.75 Å². The summed E-state index contributed by atoms with van der Waals surface area (Å²) in [6, 6.07) is 6.68. The van der Waals surface area contributed by atoms with Gasteiger partial charge in [0.05, 0.1) is 0 Å². The minimum absolute atomic E-state index is 0.227. The molecule has 12 heavy (non-hydrogen) atoms. The Bertz CT molecular complexity index is 265.